The van der Waals surface area contributed by atoms with Crippen LogP contribution in [-0.4, -0.2) is 36.7 Å². The number of ether oxygens (including phenoxy) is 1. The topological polar surface area (TPSA) is 24.5 Å². The van der Waals surface area contributed by atoms with Crippen LogP contribution in [0.2, 0.25) is 0 Å². The van der Waals surface area contributed by atoms with Crippen molar-refractivity contribution in [3.05, 3.63) is 29.3 Å². The van der Waals surface area contributed by atoms with Gasteiger partial charge in [-0.05, 0) is 45.8 Å². The van der Waals surface area contributed by atoms with Gasteiger partial charge in [0.1, 0.15) is 11.4 Å². The third kappa shape index (κ3) is 2.27. The zero-order chi connectivity index (χ0) is 14.4. The van der Waals surface area contributed by atoms with Gasteiger partial charge in [-0.3, -0.25) is 0 Å². The number of hydrogen-bond donors (Lipinski definition) is 1. The summed E-state index contributed by atoms with van der Waals surface area (Å²) in [6.45, 7) is 4.67. The van der Waals surface area contributed by atoms with Crippen molar-refractivity contribution in [3.63, 3.8) is 0 Å². The number of aryl methyl sites for hydroxylation is 1. The molecule has 0 amide bonds. The van der Waals surface area contributed by atoms with E-state index < -0.39 is 0 Å². The summed E-state index contributed by atoms with van der Waals surface area (Å²) in [4.78, 5) is 2.67. The van der Waals surface area contributed by atoms with E-state index in [9.17, 15) is 0 Å². The van der Waals surface area contributed by atoms with E-state index in [1.807, 2.05) is 0 Å². The summed E-state index contributed by atoms with van der Waals surface area (Å²) >= 11 is 0. The molecule has 3 unspecified atom stereocenters. The van der Waals surface area contributed by atoms with Crippen molar-refractivity contribution in [3.8, 4) is 5.75 Å². The summed E-state index contributed by atoms with van der Waals surface area (Å²) in [6.07, 6.45) is 6.22. The second-order valence-electron chi connectivity index (χ2n) is 7.16. The van der Waals surface area contributed by atoms with Crippen LogP contribution in [0.3, 0.4) is 0 Å². The van der Waals surface area contributed by atoms with Crippen LogP contribution in [0.5, 0.6) is 5.75 Å². The number of hydrogen-bond acceptors (Lipinski definition) is 3. The zero-order valence-electron chi connectivity index (χ0n) is 13.2. The molecule has 1 spiro atoms. The Kier molecular flexibility index (Phi) is 3.23. The van der Waals surface area contributed by atoms with Crippen LogP contribution in [0.25, 0.3) is 0 Å². The maximum atomic E-state index is 6.59. The van der Waals surface area contributed by atoms with E-state index in [1.165, 1.54) is 49.9 Å². The van der Waals surface area contributed by atoms with E-state index in [2.05, 4.69) is 42.4 Å². The molecule has 0 radical (unpaired) electrons. The highest BCUT2D eigenvalue weighted by Gasteiger charge is 2.47. The molecule has 2 saturated heterocycles. The Bertz CT molecular complexity index is 544. The lowest BCUT2D eigenvalue weighted by Crippen LogP contribution is -2.53. The SMILES string of the molecule is CNC1CC2(CCN3CCCC3C2)Oc2ccc(C)cc21. The third-order valence-corrected chi connectivity index (χ3v) is 5.75. The summed E-state index contributed by atoms with van der Waals surface area (Å²) in [5.74, 6) is 1.11. The van der Waals surface area contributed by atoms with Gasteiger partial charge < -0.3 is 15.0 Å². The van der Waals surface area contributed by atoms with Crippen LogP contribution in [0.15, 0.2) is 18.2 Å². The molecule has 0 aliphatic carbocycles. The number of fused-ring (bicyclic) bond motifs is 2. The first-order valence-electron chi connectivity index (χ1n) is 8.40. The molecule has 3 atom stereocenters. The van der Waals surface area contributed by atoms with Crippen molar-refractivity contribution in [2.45, 2.75) is 56.7 Å². The molecule has 1 aromatic carbocycles. The molecule has 21 heavy (non-hydrogen) atoms. The Morgan fingerprint density at radius 1 is 1.29 bits per heavy atom. The van der Waals surface area contributed by atoms with Gasteiger partial charge >= 0.3 is 0 Å². The largest absolute Gasteiger partial charge is 0.487 e. The van der Waals surface area contributed by atoms with Crippen molar-refractivity contribution in [1.82, 2.24) is 10.2 Å². The maximum Gasteiger partial charge on any atom is 0.124 e. The van der Waals surface area contributed by atoms with Gasteiger partial charge in [-0.15, -0.1) is 0 Å². The molecule has 3 aliphatic rings. The highest BCUT2D eigenvalue weighted by molar-refractivity contribution is 5.42. The quantitative estimate of drug-likeness (QED) is 0.859. The molecule has 0 bridgehead atoms. The molecule has 4 rings (SSSR count). The number of nitrogens with one attached hydrogen (secondary N) is 1. The Morgan fingerprint density at radius 3 is 3.05 bits per heavy atom. The van der Waals surface area contributed by atoms with E-state index in [0.29, 0.717) is 6.04 Å². The van der Waals surface area contributed by atoms with Gasteiger partial charge in [0.15, 0.2) is 0 Å². The van der Waals surface area contributed by atoms with Gasteiger partial charge in [0, 0.05) is 37.0 Å². The van der Waals surface area contributed by atoms with Crippen LogP contribution in [-0.2, 0) is 0 Å². The van der Waals surface area contributed by atoms with Gasteiger partial charge in [-0.1, -0.05) is 17.7 Å². The zero-order valence-corrected chi connectivity index (χ0v) is 13.2. The van der Waals surface area contributed by atoms with E-state index in [4.69, 9.17) is 4.74 Å². The molecule has 0 aromatic heterocycles. The van der Waals surface area contributed by atoms with Crippen molar-refractivity contribution < 1.29 is 4.74 Å². The maximum absolute atomic E-state index is 6.59. The van der Waals surface area contributed by atoms with Crippen molar-refractivity contribution >= 4 is 0 Å². The average molecular weight is 286 g/mol. The molecule has 2 fully saturated rings. The van der Waals surface area contributed by atoms with E-state index in [-0.39, 0.29) is 5.60 Å². The first-order chi connectivity index (χ1) is 10.2. The molecule has 1 N–H and O–H groups in total. The van der Waals surface area contributed by atoms with E-state index in [1.54, 1.807) is 0 Å². The van der Waals surface area contributed by atoms with Gasteiger partial charge in [-0.2, -0.15) is 0 Å². The van der Waals surface area contributed by atoms with Crippen LogP contribution in [0.4, 0.5) is 0 Å². The van der Waals surface area contributed by atoms with Crippen molar-refractivity contribution in [2.24, 2.45) is 0 Å². The van der Waals surface area contributed by atoms with Gasteiger partial charge in [0.25, 0.3) is 0 Å². The average Bonchev–Trinajstić information content (AvgIpc) is 2.94. The minimum Gasteiger partial charge on any atom is -0.487 e. The fourth-order valence-electron chi connectivity index (χ4n) is 4.63. The predicted octanol–water partition coefficient (Wildman–Crippen LogP) is 3.04. The summed E-state index contributed by atoms with van der Waals surface area (Å²) < 4.78 is 6.59. The summed E-state index contributed by atoms with van der Waals surface area (Å²) in [6, 6.07) is 7.82. The molecule has 3 nitrogen and oxygen atoms in total. The molecule has 1 aromatic rings. The van der Waals surface area contributed by atoms with Gasteiger partial charge in [0.05, 0.1) is 0 Å². The van der Waals surface area contributed by atoms with Crippen molar-refractivity contribution in [2.75, 3.05) is 20.1 Å². The monoisotopic (exact) mass is 286 g/mol. The van der Waals surface area contributed by atoms with Crippen LogP contribution >= 0.6 is 0 Å². The molecule has 3 heterocycles. The third-order valence-electron chi connectivity index (χ3n) is 5.75. The van der Waals surface area contributed by atoms with Crippen molar-refractivity contribution in [1.29, 1.82) is 0 Å². The van der Waals surface area contributed by atoms with Crippen LogP contribution in [0, 0.1) is 6.92 Å². The highest BCUT2D eigenvalue weighted by atomic mass is 16.5. The summed E-state index contributed by atoms with van der Waals surface area (Å²) in [5, 5.41) is 3.52. The van der Waals surface area contributed by atoms with E-state index >= 15 is 0 Å². The number of piperidine rings is 1. The first kappa shape index (κ1) is 13.6. The molecule has 3 heteroatoms. The van der Waals surface area contributed by atoms with Crippen LogP contribution in [0.1, 0.15) is 49.3 Å². The Morgan fingerprint density at radius 2 is 2.19 bits per heavy atom. The molecular formula is C18H26N2O. The standard InChI is InChI=1S/C18H26N2O/c1-13-5-6-17-15(10-13)16(19-2)12-18(21-17)7-9-20-8-3-4-14(20)11-18/h5-6,10,14,16,19H,3-4,7-9,11-12H2,1-2H3. The lowest BCUT2D eigenvalue weighted by Gasteiger charge is -2.48. The minimum atomic E-state index is 0.0570. The molecule has 114 valence electrons. The lowest BCUT2D eigenvalue weighted by atomic mass is 9.78. The second-order valence-corrected chi connectivity index (χ2v) is 7.16. The Balaban J connectivity index is 1.65. The van der Waals surface area contributed by atoms with Gasteiger partial charge in [0.2, 0.25) is 0 Å². The summed E-state index contributed by atoms with van der Waals surface area (Å²) in [7, 11) is 2.08. The van der Waals surface area contributed by atoms with Gasteiger partial charge in [-0.25, -0.2) is 0 Å². The lowest BCUT2D eigenvalue weighted by molar-refractivity contribution is -0.0385. The van der Waals surface area contributed by atoms with Crippen LogP contribution < -0.4 is 10.1 Å². The Hall–Kier alpha value is -1.06. The number of nitrogens with zero attached hydrogens (tertiary/aromatic N) is 1. The second kappa shape index (κ2) is 4.99. The first-order valence-corrected chi connectivity index (χ1v) is 8.40. The van der Waals surface area contributed by atoms with E-state index in [0.717, 1.165) is 18.2 Å². The molecule has 3 aliphatic heterocycles. The normalized spacial score (nSPS) is 35.3. The smallest absolute Gasteiger partial charge is 0.124 e. The number of benzene rings is 1. The number of rotatable bonds is 1. The fraction of sp³-hybridized carbons (Fsp3) is 0.667. The predicted molar refractivity (Wildman–Crippen MR) is 84.8 cm³/mol. The molecule has 0 saturated carbocycles. The molecular weight excluding hydrogens is 260 g/mol. The summed E-state index contributed by atoms with van der Waals surface area (Å²) in [5.41, 5.74) is 2.72. The Labute approximate surface area is 127 Å². The fourth-order valence-corrected chi connectivity index (χ4v) is 4.63. The minimum absolute atomic E-state index is 0.0570. The highest BCUT2D eigenvalue weighted by Crippen LogP contribution is 2.46.